The molecule has 0 aliphatic heterocycles. The summed E-state index contributed by atoms with van der Waals surface area (Å²) in [6.07, 6.45) is -3.45. The maximum Gasteiger partial charge on any atom is 0.454 e. The standard InChI is InChI=1S/C10H11F3N2O2/c1-3-15-5-7(6(2)14-15)8(16)4-9(17)10(11,12)13/h4-5,16H,3H2,1-2H3/b8-4-. The van der Waals surface area contributed by atoms with Crippen molar-refractivity contribution in [2.45, 2.75) is 26.6 Å². The van der Waals surface area contributed by atoms with E-state index in [9.17, 15) is 23.1 Å². The second kappa shape index (κ2) is 4.60. The molecule has 7 heteroatoms. The first-order chi connectivity index (χ1) is 7.75. The Labute approximate surface area is 95.4 Å². The Morgan fingerprint density at radius 3 is 2.59 bits per heavy atom. The molecule has 0 saturated carbocycles. The van der Waals surface area contributed by atoms with Crippen LogP contribution in [0.1, 0.15) is 18.2 Å². The summed E-state index contributed by atoms with van der Waals surface area (Å²) in [5.74, 6) is -2.83. The van der Waals surface area contributed by atoms with Crippen molar-refractivity contribution in [2.24, 2.45) is 0 Å². The summed E-state index contributed by atoms with van der Waals surface area (Å²) in [5, 5.41) is 13.4. The zero-order valence-corrected chi connectivity index (χ0v) is 9.25. The summed E-state index contributed by atoms with van der Waals surface area (Å²) in [4.78, 5) is 10.6. The molecule has 0 unspecified atom stereocenters. The SMILES string of the molecule is CCn1cc(/C(O)=C/C(=O)C(F)(F)F)c(C)n1. The Bertz CT molecular complexity index is 461. The van der Waals surface area contributed by atoms with E-state index < -0.39 is 17.7 Å². The van der Waals surface area contributed by atoms with Crippen LogP contribution in [0.15, 0.2) is 12.3 Å². The molecule has 4 nitrogen and oxygen atoms in total. The Balaban J connectivity index is 3.04. The average molecular weight is 248 g/mol. The minimum atomic E-state index is -4.98. The van der Waals surface area contributed by atoms with Crippen LogP contribution in [0.25, 0.3) is 5.76 Å². The number of carbonyl (C=O) groups is 1. The minimum absolute atomic E-state index is 0.115. The van der Waals surface area contributed by atoms with Gasteiger partial charge in [-0.1, -0.05) is 0 Å². The maximum atomic E-state index is 12.0. The molecule has 0 aliphatic carbocycles. The lowest BCUT2D eigenvalue weighted by molar-refractivity contribution is -0.165. The van der Waals surface area contributed by atoms with E-state index in [0.29, 0.717) is 12.2 Å². The normalized spacial score (nSPS) is 12.9. The van der Waals surface area contributed by atoms with Gasteiger partial charge >= 0.3 is 6.18 Å². The smallest absolute Gasteiger partial charge is 0.454 e. The number of aromatic nitrogens is 2. The van der Waals surface area contributed by atoms with Gasteiger partial charge in [-0.2, -0.15) is 18.3 Å². The highest BCUT2D eigenvalue weighted by atomic mass is 19.4. The summed E-state index contributed by atoms with van der Waals surface area (Å²) in [6.45, 7) is 3.84. The van der Waals surface area contributed by atoms with Gasteiger partial charge in [0.05, 0.1) is 11.3 Å². The highest BCUT2D eigenvalue weighted by molar-refractivity contribution is 5.99. The number of allylic oxidation sites excluding steroid dienone is 1. The Morgan fingerprint density at radius 2 is 2.18 bits per heavy atom. The van der Waals surface area contributed by atoms with Gasteiger partial charge in [0.2, 0.25) is 0 Å². The van der Waals surface area contributed by atoms with Gasteiger partial charge in [-0.25, -0.2) is 0 Å². The van der Waals surface area contributed by atoms with Gasteiger partial charge in [0.25, 0.3) is 5.78 Å². The first-order valence-electron chi connectivity index (χ1n) is 4.82. The van der Waals surface area contributed by atoms with Gasteiger partial charge in [0.15, 0.2) is 0 Å². The molecule has 1 aromatic rings. The maximum absolute atomic E-state index is 12.0. The number of nitrogens with zero attached hydrogens (tertiary/aromatic N) is 2. The molecule has 1 rings (SSSR count). The van der Waals surface area contributed by atoms with Crippen LogP contribution in [0.3, 0.4) is 0 Å². The van der Waals surface area contributed by atoms with E-state index in [2.05, 4.69) is 5.10 Å². The molecule has 17 heavy (non-hydrogen) atoms. The molecule has 0 saturated heterocycles. The second-order valence-electron chi connectivity index (χ2n) is 3.38. The molecule has 0 spiro atoms. The quantitative estimate of drug-likeness (QED) is 0.659. The molecule has 0 aromatic carbocycles. The summed E-state index contributed by atoms with van der Waals surface area (Å²) < 4.78 is 37.4. The second-order valence-corrected chi connectivity index (χ2v) is 3.38. The van der Waals surface area contributed by atoms with Gasteiger partial charge in [0.1, 0.15) is 5.76 Å². The first-order valence-corrected chi connectivity index (χ1v) is 4.82. The van der Waals surface area contributed by atoms with E-state index in [1.807, 2.05) is 0 Å². The number of hydrogen-bond donors (Lipinski definition) is 1. The molecule has 0 aliphatic rings. The van der Waals surface area contributed by atoms with Crippen LogP contribution in [0.2, 0.25) is 0 Å². The third kappa shape index (κ3) is 3.08. The largest absolute Gasteiger partial charge is 0.507 e. The number of rotatable bonds is 3. The lowest BCUT2D eigenvalue weighted by Gasteiger charge is -2.01. The number of ketones is 1. The van der Waals surface area contributed by atoms with E-state index in [1.54, 1.807) is 6.92 Å². The predicted octanol–water partition coefficient (Wildman–Crippen LogP) is 2.24. The van der Waals surface area contributed by atoms with E-state index >= 15 is 0 Å². The van der Waals surface area contributed by atoms with E-state index in [1.165, 1.54) is 17.8 Å². The predicted molar refractivity (Wildman–Crippen MR) is 54.3 cm³/mol. The van der Waals surface area contributed by atoms with Gasteiger partial charge in [-0.05, 0) is 13.8 Å². The number of hydrogen-bond acceptors (Lipinski definition) is 3. The summed E-state index contributed by atoms with van der Waals surface area (Å²) in [7, 11) is 0. The average Bonchev–Trinajstić information content (AvgIpc) is 2.58. The zero-order valence-electron chi connectivity index (χ0n) is 9.25. The number of halogens is 3. The van der Waals surface area contributed by atoms with Gasteiger partial charge in [-0.3, -0.25) is 9.48 Å². The minimum Gasteiger partial charge on any atom is -0.507 e. The third-order valence-electron chi connectivity index (χ3n) is 2.09. The fraction of sp³-hybridized carbons (Fsp3) is 0.400. The van der Waals surface area contributed by atoms with Gasteiger partial charge in [-0.15, -0.1) is 0 Å². The number of aliphatic hydroxyl groups is 1. The van der Waals surface area contributed by atoms with Crippen LogP contribution in [-0.2, 0) is 11.3 Å². The van der Waals surface area contributed by atoms with Crippen molar-refractivity contribution >= 4 is 11.5 Å². The van der Waals surface area contributed by atoms with Crippen LogP contribution < -0.4 is 0 Å². The summed E-state index contributed by atoms with van der Waals surface area (Å²) in [5.41, 5.74) is 0.472. The molecular weight excluding hydrogens is 237 g/mol. The van der Waals surface area contributed by atoms with Crippen LogP contribution in [-0.4, -0.2) is 26.8 Å². The van der Waals surface area contributed by atoms with E-state index in [4.69, 9.17) is 0 Å². The van der Waals surface area contributed by atoms with Crippen LogP contribution in [0.4, 0.5) is 13.2 Å². The molecule has 0 radical (unpaired) electrons. The Kier molecular flexibility index (Phi) is 3.59. The van der Waals surface area contributed by atoms with Crippen LogP contribution in [0.5, 0.6) is 0 Å². The van der Waals surface area contributed by atoms with E-state index in [-0.39, 0.29) is 11.6 Å². The topological polar surface area (TPSA) is 55.1 Å². The van der Waals surface area contributed by atoms with Crippen molar-refractivity contribution in [3.63, 3.8) is 0 Å². The molecule has 1 N–H and O–H groups in total. The zero-order chi connectivity index (χ0) is 13.2. The third-order valence-corrected chi connectivity index (χ3v) is 2.09. The number of aliphatic hydroxyl groups excluding tert-OH is 1. The molecule has 94 valence electrons. The molecule has 1 aromatic heterocycles. The van der Waals surface area contributed by atoms with Crippen molar-refractivity contribution in [3.05, 3.63) is 23.5 Å². The monoisotopic (exact) mass is 248 g/mol. The molecule has 0 bridgehead atoms. The molecular formula is C10H11F3N2O2. The lowest BCUT2D eigenvalue weighted by atomic mass is 10.2. The Hall–Kier alpha value is -1.79. The highest BCUT2D eigenvalue weighted by Gasteiger charge is 2.37. The molecule has 1 heterocycles. The lowest BCUT2D eigenvalue weighted by Crippen LogP contribution is -2.20. The van der Waals surface area contributed by atoms with Gasteiger partial charge < -0.3 is 5.11 Å². The molecule has 0 atom stereocenters. The molecule has 0 fully saturated rings. The fourth-order valence-corrected chi connectivity index (χ4v) is 1.22. The van der Waals surface area contributed by atoms with Crippen LogP contribution >= 0.6 is 0 Å². The summed E-state index contributed by atoms with van der Waals surface area (Å²) >= 11 is 0. The Morgan fingerprint density at radius 1 is 1.59 bits per heavy atom. The van der Waals surface area contributed by atoms with Crippen molar-refractivity contribution in [1.82, 2.24) is 9.78 Å². The number of aryl methyl sites for hydroxylation is 2. The van der Waals surface area contributed by atoms with Crippen LogP contribution in [0, 0.1) is 6.92 Å². The summed E-state index contributed by atoms with van der Waals surface area (Å²) in [6, 6.07) is 0. The van der Waals surface area contributed by atoms with E-state index in [0.717, 1.165) is 0 Å². The van der Waals surface area contributed by atoms with Crippen molar-refractivity contribution < 1.29 is 23.1 Å². The van der Waals surface area contributed by atoms with Crippen molar-refractivity contribution in [1.29, 1.82) is 0 Å². The number of alkyl halides is 3. The highest BCUT2D eigenvalue weighted by Crippen LogP contribution is 2.21. The van der Waals surface area contributed by atoms with Gasteiger partial charge in [0, 0.05) is 18.8 Å². The molecule has 0 amide bonds. The van der Waals surface area contributed by atoms with Crippen molar-refractivity contribution in [3.8, 4) is 0 Å². The van der Waals surface area contributed by atoms with Crippen molar-refractivity contribution in [2.75, 3.05) is 0 Å². The number of carbonyl (C=O) groups excluding carboxylic acids is 1. The first kappa shape index (κ1) is 13.3. The fourth-order valence-electron chi connectivity index (χ4n) is 1.22.